The lowest BCUT2D eigenvalue weighted by atomic mass is 10.1. The maximum Gasteiger partial charge on any atom is 0.225 e. The van der Waals surface area contributed by atoms with Crippen molar-refractivity contribution in [3.63, 3.8) is 0 Å². The van der Waals surface area contributed by atoms with Crippen molar-refractivity contribution in [1.82, 2.24) is 4.90 Å². The van der Waals surface area contributed by atoms with Gasteiger partial charge in [-0.25, -0.2) is 0 Å². The predicted molar refractivity (Wildman–Crippen MR) is 60.0 cm³/mol. The molecule has 2 aliphatic rings. The number of aliphatic hydroxyl groups excluding tert-OH is 1. The van der Waals surface area contributed by atoms with Crippen molar-refractivity contribution < 1.29 is 14.6 Å². The number of amides is 1. The Bertz CT molecular complexity index is 238. The average Bonchev–Trinajstić information content (AvgIpc) is 2.78. The molecule has 4 heteroatoms. The Kier molecular flexibility index (Phi) is 4.18. The van der Waals surface area contributed by atoms with Gasteiger partial charge in [0.2, 0.25) is 5.91 Å². The van der Waals surface area contributed by atoms with Crippen molar-refractivity contribution in [2.75, 3.05) is 19.8 Å². The van der Waals surface area contributed by atoms with Gasteiger partial charge in [-0.3, -0.25) is 4.79 Å². The molecule has 1 amide bonds. The maximum atomic E-state index is 12.0. The number of rotatable bonds is 3. The van der Waals surface area contributed by atoms with Crippen LogP contribution in [-0.2, 0) is 9.53 Å². The van der Waals surface area contributed by atoms with Gasteiger partial charge in [-0.1, -0.05) is 0 Å². The van der Waals surface area contributed by atoms with E-state index in [0.29, 0.717) is 6.42 Å². The summed E-state index contributed by atoms with van der Waals surface area (Å²) in [4.78, 5) is 13.8. The molecule has 2 atom stereocenters. The van der Waals surface area contributed by atoms with Crippen LogP contribution in [0.5, 0.6) is 0 Å². The van der Waals surface area contributed by atoms with Gasteiger partial charge < -0.3 is 14.7 Å². The fourth-order valence-electron chi connectivity index (χ4n) is 2.63. The second-order valence-corrected chi connectivity index (χ2v) is 4.76. The molecule has 0 bridgehead atoms. The molecule has 0 spiro atoms. The number of carbonyl (C=O) groups is 1. The number of aliphatic hydroxyl groups is 1. The van der Waals surface area contributed by atoms with Crippen LogP contribution in [0.15, 0.2) is 0 Å². The second-order valence-electron chi connectivity index (χ2n) is 4.76. The molecule has 0 aromatic heterocycles. The number of ether oxygens (including phenoxy) is 1. The van der Waals surface area contributed by atoms with E-state index in [-0.39, 0.29) is 24.7 Å². The molecule has 4 nitrogen and oxygen atoms in total. The topological polar surface area (TPSA) is 49.8 Å². The van der Waals surface area contributed by atoms with E-state index in [0.717, 1.165) is 38.8 Å². The Labute approximate surface area is 96.6 Å². The van der Waals surface area contributed by atoms with Gasteiger partial charge in [-0.05, 0) is 32.1 Å². The standard InChI is InChI=1S/C12H21NO3/c14-9-10-4-3-6-13(10)12(15)8-11-5-1-2-7-16-11/h10-11,14H,1-9H2/t10-,11?/m0/s1. The number of hydrogen-bond acceptors (Lipinski definition) is 3. The largest absolute Gasteiger partial charge is 0.394 e. The van der Waals surface area contributed by atoms with Crippen LogP contribution >= 0.6 is 0 Å². The molecule has 2 rings (SSSR count). The summed E-state index contributed by atoms with van der Waals surface area (Å²) >= 11 is 0. The Morgan fingerprint density at radius 3 is 2.88 bits per heavy atom. The van der Waals surface area contributed by atoms with Gasteiger partial charge >= 0.3 is 0 Å². The molecule has 1 N–H and O–H groups in total. The molecular formula is C12H21NO3. The van der Waals surface area contributed by atoms with Crippen LogP contribution < -0.4 is 0 Å². The van der Waals surface area contributed by atoms with Gasteiger partial charge in [0, 0.05) is 13.2 Å². The average molecular weight is 227 g/mol. The first-order valence-corrected chi connectivity index (χ1v) is 6.33. The summed E-state index contributed by atoms with van der Waals surface area (Å²) in [5, 5.41) is 9.17. The predicted octanol–water partition coefficient (Wildman–Crippen LogP) is 0.929. The highest BCUT2D eigenvalue weighted by Crippen LogP contribution is 2.21. The van der Waals surface area contributed by atoms with E-state index in [2.05, 4.69) is 0 Å². The van der Waals surface area contributed by atoms with Crippen LogP contribution in [0.3, 0.4) is 0 Å². The molecule has 2 aliphatic heterocycles. The molecule has 0 aromatic carbocycles. The van der Waals surface area contributed by atoms with Crippen LogP contribution in [0.1, 0.15) is 38.5 Å². The van der Waals surface area contributed by atoms with Gasteiger partial charge in [-0.15, -0.1) is 0 Å². The van der Waals surface area contributed by atoms with Crippen molar-refractivity contribution in [2.24, 2.45) is 0 Å². The minimum Gasteiger partial charge on any atom is -0.394 e. The normalized spacial score (nSPS) is 30.7. The number of hydrogen-bond donors (Lipinski definition) is 1. The first kappa shape index (κ1) is 11.9. The Hall–Kier alpha value is -0.610. The second kappa shape index (κ2) is 5.64. The zero-order chi connectivity index (χ0) is 11.4. The van der Waals surface area contributed by atoms with E-state index in [1.54, 1.807) is 0 Å². The SMILES string of the molecule is O=C(CC1CCCCO1)N1CCC[C@H]1CO. The molecule has 0 radical (unpaired) electrons. The summed E-state index contributed by atoms with van der Waals surface area (Å²) in [6.07, 6.45) is 5.85. The number of likely N-dealkylation sites (tertiary alicyclic amines) is 1. The minimum atomic E-state index is 0.0519. The minimum absolute atomic E-state index is 0.0519. The lowest BCUT2D eigenvalue weighted by Gasteiger charge is -2.27. The van der Waals surface area contributed by atoms with Crippen molar-refractivity contribution in [1.29, 1.82) is 0 Å². The lowest BCUT2D eigenvalue weighted by Crippen LogP contribution is -2.39. The maximum absolute atomic E-state index is 12.0. The zero-order valence-corrected chi connectivity index (χ0v) is 9.73. The monoisotopic (exact) mass is 227 g/mol. The number of nitrogens with zero attached hydrogens (tertiary/aromatic N) is 1. The molecule has 0 aliphatic carbocycles. The first-order valence-electron chi connectivity index (χ1n) is 6.33. The molecule has 1 unspecified atom stereocenters. The summed E-state index contributed by atoms with van der Waals surface area (Å²) in [6.45, 7) is 1.69. The molecule has 92 valence electrons. The highest BCUT2D eigenvalue weighted by atomic mass is 16.5. The Balaban J connectivity index is 1.82. The van der Waals surface area contributed by atoms with E-state index in [4.69, 9.17) is 9.84 Å². The Morgan fingerprint density at radius 2 is 2.19 bits per heavy atom. The molecule has 2 heterocycles. The highest BCUT2D eigenvalue weighted by molar-refractivity contribution is 5.77. The van der Waals surface area contributed by atoms with Crippen molar-refractivity contribution in [3.8, 4) is 0 Å². The van der Waals surface area contributed by atoms with E-state index >= 15 is 0 Å². The highest BCUT2D eigenvalue weighted by Gasteiger charge is 2.29. The van der Waals surface area contributed by atoms with E-state index in [1.807, 2.05) is 4.90 Å². The van der Waals surface area contributed by atoms with Crippen LogP contribution in [0, 0.1) is 0 Å². The van der Waals surface area contributed by atoms with E-state index < -0.39 is 0 Å². The fraction of sp³-hybridized carbons (Fsp3) is 0.917. The van der Waals surface area contributed by atoms with Crippen molar-refractivity contribution in [3.05, 3.63) is 0 Å². The van der Waals surface area contributed by atoms with Gasteiger partial charge in [0.05, 0.1) is 25.2 Å². The van der Waals surface area contributed by atoms with Gasteiger partial charge in [0.1, 0.15) is 0 Å². The summed E-state index contributed by atoms with van der Waals surface area (Å²) in [5.41, 5.74) is 0. The van der Waals surface area contributed by atoms with Crippen LogP contribution in [0.4, 0.5) is 0 Å². The molecule has 0 aromatic rings. The van der Waals surface area contributed by atoms with Gasteiger partial charge in [-0.2, -0.15) is 0 Å². The van der Waals surface area contributed by atoms with Crippen LogP contribution in [-0.4, -0.2) is 47.8 Å². The third-order valence-corrected chi connectivity index (χ3v) is 3.58. The number of carbonyl (C=O) groups excluding carboxylic acids is 1. The lowest BCUT2D eigenvalue weighted by molar-refractivity contribution is -0.136. The molecule has 0 saturated carbocycles. The van der Waals surface area contributed by atoms with E-state index in [1.165, 1.54) is 6.42 Å². The Morgan fingerprint density at radius 1 is 1.31 bits per heavy atom. The van der Waals surface area contributed by atoms with Crippen molar-refractivity contribution >= 4 is 5.91 Å². The molecule has 2 fully saturated rings. The van der Waals surface area contributed by atoms with Gasteiger partial charge in [0.15, 0.2) is 0 Å². The van der Waals surface area contributed by atoms with Gasteiger partial charge in [0.25, 0.3) is 0 Å². The summed E-state index contributed by atoms with van der Waals surface area (Å²) in [6, 6.07) is 0.0519. The molecule has 2 saturated heterocycles. The third-order valence-electron chi connectivity index (χ3n) is 3.58. The van der Waals surface area contributed by atoms with Crippen LogP contribution in [0.25, 0.3) is 0 Å². The fourth-order valence-corrected chi connectivity index (χ4v) is 2.63. The molecule has 16 heavy (non-hydrogen) atoms. The van der Waals surface area contributed by atoms with E-state index in [9.17, 15) is 4.79 Å². The van der Waals surface area contributed by atoms with Crippen LogP contribution in [0.2, 0.25) is 0 Å². The summed E-state index contributed by atoms with van der Waals surface area (Å²) in [7, 11) is 0. The van der Waals surface area contributed by atoms with Crippen molar-refractivity contribution in [2.45, 2.75) is 50.7 Å². The quantitative estimate of drug-likeness (QED) is 0.780. The summed E-state index contributed by atoms with van der Waals surface area (Å²) in [5.74, 6) is 0.156. The first-order chi connectivity index (χ1) is 7.81. The smallest absolute Gasteiger partial charge is 0.225 e. The summed E-state index contributed by atoms with van der Waals surface area (Å²) < 4.78 is 5.57. The zero-order valence-electron chi connectivity index (χ0n) is 9.73. The molecular weight excluding hydrogens is 206 g/mol. The third kappa shape index (κ3) is 2.74.